The number of rotatable bonds is 3. The maximum absolute atomic E-state index is 12.3. The first-order valence-corrected chi connectivity index (χ1v) is 7.21. The third kappa shape index (κ3) is 2.49. The molecule has 0 aliphatic carbocycles. The Balaban J connectivity index is 1.79. The summed E-state index contributed by atoms with van der Waals surface area (Å²) in [5.74, 6) is -1.15. The summed E-state index contributed by atoms with van der Waals surface area (Å²) in [5.41, 5.74) is 0.635. The number of amides is 2. The van der Waals surface area contributed by atoms with Crippen molar-refractivity contribution in [2.75, 3.05) is 17.6 Å². The van der Waals surface area contributed by atoms with E-state index in [1.54, 1.807) is 0 Å². The van der Waals surface area contributed by atoms with E-state index in [1.807, 2.05) is 0 Å². The number of thioether (sulfide) groups is 1. The number of fused-ring (bicyclic) bond motifs is 1. The zero-order valence-electron chi connectivity index (χ0n) is 10.8. The molecule has 0 aromatic heterocycles. The molecule has 1 atom stereocenters. The molecular formula is C13H11N3O4S. The van der Waals surface area contributed by atoms with Gasteiger partial charge < -0.3 is 10.4 Å². The molecule has 1 aromatic carbocycles. The summed E-state index contributed by atoms with van der Waals surface area (Å²) in [6.45, 7) is 0.547. The molecule has 0 saturated carbocycles. The Hall–Kier alpha value is -2.35. The van der Waals surface area contributed by atoms with E-state index in [-0.39, 0.29) is 11.5 Å². The van der Waals surface area contributed by atoms with Gasteiger partial charge >= 0.3 is 5.97 Å². The number of nitrogens with zero attached hydrogens (tertiary/aromatic N) is 2. The van der Waals surface area contributed by atoms with Gasteiger partial charge in [-0.3, -0.25) is 14.5 Å². The van der Waals surface area contributed by atoms with E-state index >= 15 is 0 Å². The number of carbonyl (C=O) groups excluding carboxylic acids is 2. The van der Waals surface area contributed by atoms with Gasteiger partial charge in [-0.1, -0.05) is 11.8 Å². The fraction of sp³-hybridized carbons (Fsp3) is 0.231. The van der Waals surface area contributed by atoms with Crippen molar-refractivity contribution in [2.45, 2.75) is 6.04 Å². The predicted octanol–water partition coefficient (Wildman–Crippen LogP) is 0.637. The van der Waals surface area contributed by atoms with E-state index in [1.165, 1.54) is 40.9 Å². The second-order valence-electron chi connectivity index (χ2n) is 4.53. The van der Waals surface area contributed by atoms with Crippen LogP contribution in [0.5, 0.6) is 0 Å². The largest absolute Gasteiger partial charge is 0.478 e. The number of anilines is 1. The van der Waals surface area contributed by atoms with Gasteiger partial charge in [-0.25, -0.2) is 4.79 Å². The van der Waals surface area contributed by atoms with Crippen molar-refractivity contribution in [1.29, 1.82) is 0 Å². The molecule has 2 heterocycles. The van der Waals surface area contributed by atoms with Gasteiger partial charge in [-0.15, -0.1) is 0 Å². The van der Waals surface area contributed by atoms with Crippen LogP contribution in [0.15, 0.2) is 29.3 Å². The lowest BCUT2D eigenvalue weighted by Crippen LogP contribution is -2.51. The highest BCUT2D eigenvalue weighted by Gasteiger charge is 2.40. The van der Waals surface area contributed by atoms with Crippen LogP contribution in [0.4, 0.5) is 5.69 Å². The van der Waals surface area contributed by atoms with Crippen LogP contribution in [-0.2, 0) is 9.59 Å². The molecule has 0 spiro atoms. The lowest BCUT2D eigenvalue weighted by molar-refractivity contribution is -0.134. The number of hydrogen-bond donors (Lipinski definition) is 2. The first-order valence-electron chi connectivity index (χ1n) is 6.23. The van der Waals surface area contributed by atoms with Crippen molar-refractivity contribution in [3.8, 4) is 0 Å². The van der Waals surface area contributed by atoms with Gasteiger partial charge in [-0.2, -0.15) is 4.99 Å². The molecule has 21 heavy (non-hydrogen) atoms. The zero-order chi connectivity index (χ0) is 15.0. The third-order valence-electron chi connectivity index (χ3n) is 3.19. The van der Waals surface area contributed by atoms with Crippen molar-refractivity contribution in [3.63, 3.8) is 0 Å². The van der Waals surface area contributed by atoms with Crippen LogP contribution in [-0.4, -0.2) is 51.3 Å². The Kier molecular flexibility index (Phi) is 3.38. The number of carbonyl (C=O) groups is 3. The highest BCUT2D eigenvalue weighted by atomic mass is 32.2. The number of carboxylic acids is 1. The van der Waals surface area contributed by atoms with E-state index in [0.29, 0.717) is 17.4 Å². The lowest BCUT2D eigenvalue weighted by atomic mass is 10.1. The number of aliphatic imine (C=N–C) groups is 1. The first kappa shape index (κ1) is 13.6. The number of benzene rings is 1. The smallest absolute Gasteiger partial charge is 0.335 e. The van der Waals surface area contributed by atoms with E-state index in [4.69, 9.17) is 5.11 Å². The van der Waals surface area contributed by atoms with Crippen molar-refractivity contribution in [3.05, 3.63) is 29.8 Å². The Morgan fingerprint density at radius 1 is 1.33 bits per heavy atom. The highest BCUT2D eigenvalue weighted by molar-refractivity contribution is 8.14. The van der Waals surface area contributed by atoms with Gasteiger partial charge in [0.1, 0.15) is 0 Å². The number of hydrogen-bond acceptors (Lipinski definition) is 5. The average molecular weight is 305 g/mol. The lowest BCUT2D eigenvalue weighted by Gasteiger charge is -2.26. The van der Waals surface area contributed by atoms with Crippen molar-refractivity contribution >= 4 is 40.4 Å². The van der Waals surface area contributed by atoms with Gasteiger partial charge in [-0.05, 0) is 24.3 Å². The molecule has 1 fully saturated rings. The number of nitrogens with one attached hydrogen (secondary N) is 1. The maximum Gasteiger partial charge on any atom is 0.335 e. The van der Waals surface area contributed by atoms with Crippen LogP contribution in [0.25, 0.3) is 0 Å². The van der Waals surface area contributed by atoms with Crippen molar-refractivity contribution in [2.24, 2.45) is 4.99 Å². The maximum atomic E-state index is 12.3. The van der Waals surface area contributed by atoms with Crippen LogP contribution < -0.4 is 5.32 Å². The summed E-state index contributed by atoms with van der Waals surface area (Å²) in [6, 6.07) is 4.79. The third-order valence-corrected chi connectivity index (χ3v) is 4.14. The van der Waals surface area contributed by atoms with E-state index in [9.17, 15) is 14.4 Å². The fourth-order valence-corrected chi connectivity index (χ4v) is 3.07. The monoisotopic (exact) mass is 305 g/mol. The topological polar surface area (TPSA) is 99.1 Å². The molecule has 2 amide bonds. The summed E-state index contributed by atoms with van der Waals surface area (Å²) in [4.78, 5) is 40.4. The minimum atomic E-state index is -1.05. The van der Waals surface area contributed by atoms with Crippen LogP contribution >= 0.6 is 11.8 Å². The molecule has 1 unspecified atom stereocenters. The minimum Gasteiger partial charge on any atom is -0.478 e. The molecule has 2 aliphatic rings. The summed E-state index contributed by atoms with van der Waals surface area (Å²) >= 11 is 1.39. The fourth-order valence-electron chi connectivity index (χ4n) is 2.12. The zero-order valence-corrected chi connectivity index (χ0v) is 11.6. The van der Waals surface area contributed by atoms with Crippen LogP contribution in [0.3, 0.4) is 0 Å². The summed E-state index contributed by atoms with van der Waals surface area (Å²) < 4.78 is 0. The highest BCUT2D eigenvalue weighted by Crippen LogP contribution is 2.24. The second-order valence-corrected chi connectivity index (χ2v) is 5.59. The normalized spacial score (nSPS) is 21.0. The van der Waals surface area contributed by atoms with Crippen molar-refractivity contribution in [1.82, 2.24) is 4.90 Å². The molecule has 1 saturated heterocycles. The molecule has 1 aromatic rings. The van der Waals surface area contributed by atoms with Gasteiger partial charge in [0.05, 0.1) is 5.56 Å². The molecule has 2 aliphatic heterocycles. The van der Waals surface area contributed by atoms with E-state index in [0.717, 1.165) is 5.75 Å². The molecule has 2 N–H and O–H groups in total. The Morgan fingerprint density at radius 3 is 2.71 bits per heavy atom. The second kappa shape index (κ2) is 5.21. The SMILES string of the molecule is O=C(O)c1ccc(NC2C(=O)N=C3SCCN3C2=O)cc1. The van der Waals surface area contributed by atoms with Crippen molar-refractivity contribution < 1.29 is 19.5 Å². The average Bonchev–Trinajstić information content (AvgIpc) is 2.92. The number of amidine groups is 1. The first-order chi connectivity index (χ1) is 10.1. The molecule has 7 nitrogen and oxygen atoms in total. The molecule has 108 valence electrons. The predicted molar refractivity (Wildman–Crippen MR) is 77.4 cm³/mol. The molecule has 8 heteroatoms. The van der Waals surface area contributed by atoms with Crippen LogP contribution in [0, 0.1) is 0 Å². The van der Waals surface area contributed by atoms with Gasteiger partial charge in [0.15, 0.2) is 11.2 Å². The van der Waals surface area contributed by atoms with Gasteiger partial charge in [0.2, 0.25) is 0 Å². The Labute approximate surface area is 124 Å². The van der Waals surface area contributed by atoms with Crippen LogP contribution in [0.2, 0.25) is 0 Å². The minimum absolute atomic E-state index is 0.137. The summed E-state index contributed by atoms with van der Waals surface area (Å²) in [6.07, 6.45) is 0. The molecule has 0 radical (unpaired) electrons. The Bertz CT molecular complexity index is 656. The van der Waals surface area contributed by atoms with E-state index < -0.39 is 17.9 Å². The number of aromatic carboxylic acids is 1. The standard InChI is InChI=1S/C13H11N3O4S/c17-10-9(11(18)16-5-6-21-13(16)15-10)14-8-3-1-7(2-4-8)12(19)20/h1-4,9,14H,5-6H2,(H,19,20). The number of carboxylic acid groups (broad SMARTS) is 1. The van der Waals surface area contributed by atoms with E-state index in [2.05, 4.69) is 10.3 Å². The van der Waals surface area contributed by atoms with Gasteiger partial charge in [0.25, 0.3) is 11.8 Å². The molecule has 3 rings (SSSR count). The Morgan fingerprint density at radius 2 is 2.05 bits per heavy atom. The summed E-state index contributed by atoms with van der Waals surface area (Å²) in [5, 5.41) is 12.1. The summed E-state index contributed by atoms with van der Waals surface area (Å²) in [7, 11) is 0. The van der Waals surface area contributed by atoms with Crippen LogP contribution in [0.1, 0.15) is 10.4 Å². The molecule has 0 bridgehead atoms. The molecular weight excluding hydrogens is 294 g/mol. The quantitative estimate of drug-likeness (QED) is 0.795. The van der Waals surface area contributed by atoms with Gasteiger partial charge in [0, 0.05) is 18.0 Å².